The van der Waals surface area contributed by atoms with Crippen LogP contribution in [0.3, 0.4) is 0 Å². The van der Waals surface area contributed by atoms with Gasteiger partial charge in [-0.2, -0.15) is 0 Å². The van der Waals surface area contributed by atoms with Gasteiger partial charge in [0.2, 0.25) is 0 Å². The molecule has 1 aliphatic rings. The smallest absolute Gasteiger partial charge is 0.0945 e. The van der Waals surface area contributed by atoms with Gasteiger partial charge in [0, 0.05) is 5.57 Å². The zero-order valence-corrected chi connectivity index (χ0v) is 3.58. The van der Waals surface area contributed by atoms with Crippen LogP contribution in [-0.2, 0) is 0 Å². The van der Waals surface area contributed by atoms with E-state index in [-0.39, 0.29) is 0 Å². The van der Waals surface area contributed by atoms with Gasteiger partial charge < -0.3 is 5.73 Å². The highest BCUT2D eigenvalue weighted by molar-refractivity contribution is 5.51. The Labute approximate surface area is 36.8 Å². The maximum Gasteiger partial charge on any atom is 0.0945 e. The van der Waals surface area contributed by atoms with Crippen LogP contribution in [0.25, 0.3) is 0 Å². The van der Waals surface area contributed by atoms with Crippen LogP contribution in [0.5, 0.6) is 0 Å². The molecule has 0 radical (unpaired) electrons. The monoisotopic (exact) mass is 79.0 g/mol. The predicted octanol–water partition coefficient (Wildman–Crippen LogP) is 0.236. The summed E-state index contributed by atoms with van der Waals surface area (Å²) in [7, 11) is 0. The lowest BCUT2D eigenvalue weighted by atomic mass is 10.1. The summed E-state index contributed by atoms with van der Waals surface area (Å²) in [5, 5.41) is 0. The molecule has 0 aliphatic heterocycles. The van der Waals surface area contributed by atoms with Gasteiger partial charge in [0.15, 0.2) is 0 Å². The first kappa shape index (κ1) is 3.30. The van der Waals surface area contributed by atoms with Gasteiger partial charge in [-0.05, 0) is 12.8 Å². The lowest BCUT2D eigenvalue weighted by molar-refractivity contribution is 1.33. The van der Waals surface area contributed by atoms with Crippen molar-refractivity contribution in [2.75, 3.05) is 0 Å². The van der Waals surface area contributed by atoms with Gasteiger partial charge in [-0.1, -0.05) is 5.92 Å². The average Bonchev–Trinajstić information content (AvgIpc) is 1.61. The van der Waals surface area contributed by atoms with Crippen molar-refractivity contribution >= 4 is 0 Å². The second-order valence-electron chi connectivity index (χ2n) is 1.29. The van der Waals surface area contributed by atoms with Gasteiger partial charge in [-0.15, -0.1) is 0 Å². The molecule has 1 rings (SSSR count). The normalized spacial score (nSPS) is 15.5. The molecular formula is C5H5N. The van der Waals surface area contributed by atoms with E-state index < -0.39 is 0 Å². The van der Waals surface area contributed by atoms with Gasteiger partial charge in [0.25, 0.3) is 0 Å². The molecule has 1 aliphatic carbocycles. The first-order valence-electron chi connectivity index (χ1n) is 1.79. The van der Waals surface area contributed by atoms with Crippen LogP contribution < -0.4 is 5.73 Å². The fraction of sp³-hybridized carbons (Fsp3) is 0.200. The van der Waals surface area contributed by atoms with Gasteiger partial charge in [-0.3, -0.25) is 0 Å². The summed E-state index contributed by atoms with van der Waals surface area (Å²) < 4.78 is 0. The molecule has 0 fully saturated rings. The summed E-state index contributed by atoms with van der Waals surface area (Å²) in [5.74, 6) is 5.43. The highest BCUT2D eigenvalue weighted by Gasteiger charge is 1.95. The molecular weight excluding hydrogens is 74.1 g/mol. The molecule has 0 aromatic rings. The van der Waals surface area contributed by atoms with E-state index in [4.69, 9.17) is 5.73 Å². The van der Waals surface area contributed by atoms with E-state index in [1.165, 1.54) is 0 Å². The largest absolute Gasteiger partial charge is 0.391 e. The molecule has 0 atom stereocenters. The van der Waals surface area contributed by atoms with Crippen LogP contribution in [0.1, 0.15) is 6.92 Å². The van der Waals surface area contributed by atoms with Gasteiger partial charge in [0.1, 0.15) is 0 Å². The second kappa shape index (κ2) is 0.782. The van der Waals surface area contributed by atoms with Crippen molar-refractivity contribution in [3.63, 3.8) is 0 Å². The highest BCUT2D eigenvalue weighted by Crippen LogP contribution is 2.01. The summed E-state index contributed by atoms with van der Waals surface area (Å²) >= 11 is 0. The summed E-state index contributed by atoms with van der Waals surface area (Å²) in [6.45, 7) is 1.91. The molecule has 2 N–H and O–H groups in total. The second-order valence-corrected chi connectivity index (χ2v) is 1.29. The molecule has 0 bridgehead atoms. The number of hydrogen-bond donors (Lipinski definition) is 1. The lowest BCUT2D eigenvalue weighted by Crippen LogP contribution is -2.02. The van der Waals surface area contributed by atoms with Crippen molar-refractivity contribution in [2.24, 2.45) is 5.73 Å². The van der Waals surface area contributed by atoms with Crippen molar-refractivity contribution in [3.8, 4) is 11.8 Å². The van der Waals surface area contributed by atoms with Gasteiger partial charge >= 0.3 is 0 Å². The molecule has 0 saturated heterocycles. The molecule has 0 saturated carbocycles. The molecule has 0 amide bonds. The van der Waals surface area contributed by atoms with E-state index in [2.05, 4.69) is 11.8 Å². The van der Waals surface area contributed by atoms with Crippen molar-refractivity contribution in [3.05, 3.63) is 11.3 Å². The third kappa shape index (κ3) is 0.208. The molecule has 0 spiro atoms. The number of nitrogens with two attached hydrogens (primary N) is 1. The Morgan fingerprint density at radius 1 is 1.50 bits per heavy atom. The first-order valence-corrected chi connectivity index (χ1v) is 1.79. The Balaban J connectivity index is 2.82. The van der Waals surface area contributed by atoms with E-state index in [1.54, 1.807) is 0 Å². The first-order chi connectivity index (χ1) is 2.80. The quantitative estimate of drug-likeness (QED) is 0.413. The SMILES string of the molecule is CC1=C(N)C#C1. The molecule has 6 heavy (non-hydrogen) atoms. The fourth-order valence-electron chi connectivity index (χ4n) is 0.260. The van der Waals surface area contributed by atoms with E-state index in [9.17, 15) is 0 Å². The summed E-state index contributed by atoms with van der Waals surface area (Å²) in [4.78, 5) is 0. The maximum atomic E-state index is 5.23. The van der Waals surface area contributed by atoms with Crippen LogP contribution >= 0.6 is 0 Å². The van der Waals surface area contributed by atoms with Crippen molar-refractivity contribution in [1.29, 1.82) is 0 Å². The van der Waals surface area contributed by atoms with E-state index >= 15 is 0 Å². The summed E-state index contributed by atoms with van der Waals surface area (Å²) in [6.07, 6.45) is 0. The highest BCUT2D eigenvalue weighted by atomic mass is 14.6. The Morgan fingerprint density at radius 2 is 2.00 bits per heavy atom. The molecule has 30 valence electrons. The molecule has 0 aromatic heterocycles. The van der Waals surface area contributed by atoms with Crippen molar-refractivity contribution < 1.29 is 0 Å². The van der Waals surface area contributed by atoms with Gasteiger partial charge in [-0.25, -0.2) is 0 Å². The number of allylic oxidation sites excluding steroid dienone is 2. The van der Waals surface area contributed by atoms with E-state index in [0.717, 1.165) is 11.3 Å². The van der Waals surface area contributed by atoms with Crippen LogP contribution in [0.15, 0.2) is 11.3 Å². The zero-order valence-electron chi connectivity index (χ0n) is 3.58. The maximum absolute atomic E-state index is 5.23. The third-order valence-corrected chi connectivity index (χ3v) is 0.789. The summed E-state index contributed by atoms with van der Waals surface area (Å²) in [6, 6.07) is 0. The predicted molar refractivity (Wildman–Crippen MR) is 24.7 cm³/mol. The molecule has 0 aromatic carbocycles. The topological polar surface area (TPSA) is 26.0 Å². The standard InChI is InChI=1S/C5H5N/c1-4-2-3-5(4)6/h6H2,1H3. The fourth-order valence-corrected chi connectivity index (χ4v) is 0.260. The third-order valence-electron chi connectivity index (χ3n) is 0.789. The Kier molecular flexibility index (Phi) is 0.429. The minimum absolute atomic E-state index is 0.745. The average molecular weight is 79.1 g/mol. The molecule has 0 heterocycles. The van der Waals surface area contributed by atoms with E-state index in [0.29, 0.717) is 0 Å². The van der Waals surface area contributed by atoms with Gasteiger partial charge in [0.05, 0.1) is 5.70 Å². The molecule has 0 unspecified atom stereocenters. The van der Waals surface area contributed by atoms with Crippen LogP contribution in [0.2, 0.25) is 0 Å². The molecule has 1 nitrogen and oxygen atoms in total. The minimum Gasteiger partial charge on any atom is -0.391 e. The number of rotatable bonds is 0. The Morgan fingerprint density at radius 3 is 2.00 bits per heavy atom. The zero-order chi connectivity index (χ0) is 4.57. The van der Waals surface area contributed by atoms with E-state index in [1.807, 2.05) is 6.92 Å². The Hall–Kier alpha value is -0.900. The van der Waals surface area contributed by atoms with Crippen molar-refractivity contribution in [2.45, 2.75) is 6.92 Å². The minimum atomic E-state index is 0.745. The lowest BCUT2D eigenvalue weighted by Gasteiger charge is -1.97. The Bertz CT molecular complexity index is 139. The van der Waals surface area contributed by atoms with Crippen LogP contribution in [-0.4, -0.2) is 0 Å². The molecule has 1 heteroatoms. The van der Waals surface area contributed by atoms with Crippen molar-refractivity contribution in [1.82, 2.24) is 0 Å². The summed E-state index contributed by atoms with van der Waals surface area (Å²) in [5.41, 5.74) is 7.00. The van der Waals surface area contributed by atoms with Crippen LogP contribution in [0, 0.1) is 11.8 Å². The number of hydrogen-bond acceptors (Lipinski definition) is 1. The van der Waals surface area contributed by atoms with Crippen LogP contribution in [0.4, 0.5) is 0 Å².